The molecule has 2 aliphatic rings. The predicted octanol–water partition coefficient (Wildman–Crippen LogP) is 4.42. The molecule has 1 aliphatic carbocycles. The van der Waals surface area contributed by atoms with E-state index in [4.69, 9.17) is 16.3 Å². The minimum Gasteiger partial charge on any atom is -0.494 e. The van der Waals surface area contributed by atoms with Gasteiger partial charge in [-0.2, -0.15) is 0 Å². The lowest BCUT2D eigenvalue weighted by atomic mass is 9.83. The van der Waals surface area contributed by atoms with Gasteiger partial charge < -0.3 is 4.74 Å². The van der Waals surface area contributed by atoms with Crippen LogP contribution in [0.4, 0.5) is 0 Å². The fourth-order valence-electron chi connectivity index (χ4n) is 2.68. The highest BCUT2D eigenvalue weighted by molar-refractivity contribution is 6.19. The average molecular weight is 241 g/mol. The van der Waals surface area contributed by atoms with E-state index in [9.17, 15) is 0 Å². The van der Waals surface area contributed by atoms with E-state index in [1.54, 1.807) is 0 Å². The molecule has 0 aromatic heterocycles. The quantitative estimate of drug-likeness (QED) is 0.524. The van der Waals surface area contributed by atoms with Crippen LogP contribution >= 0.6 is 11.6 Å². The normalized spacial score (nSPS) is 27.8. The summed E-state index contributed by atoms with van der Waals surface area (Å²) in [5.41, 5.74) is 1.42. The highest BCUT2D eigenvalue weighted by Gasteiger charge is 2.19. The van der Waals surface area contributed by atoms with E-state index in [2.05, 4.69) is 12.2 Å². The summed E-state index contributed by atoms with van der Waals surface area (Å²) in [4.78, 5) is 0. The van der Waals surface area contributed by atoms with Crippen LogP contribution in [0.25, 0.3) is 0 Å². The number of rotatable bonds is 3. The Hall–Kier alpha value is -0.430. The maximum Gasteiger partial charge on any atom is 0.117 e. The smallest absolute Gasteiger partial charge is 0.117 e. The Kier molecular flexibility index (Phi) is 4.77. The Morgan fingerprint density at radius 2 is 2.06 bits per heavy atom. The van der Waals surface area contributed by atoms with Gasteiger partial charge in [-0.25, -0.2) is 0 Å². The van der Waals surface area contributed by atoms with Crippen LogP contribution in [0.15, 0.2) is 24.0 Å². The molecule has 0 aromatic rings. The van der Waals surface area contributed by atoms with Gasteiger partial charge in [-0.3, -0.25) is 0 Å². The number of ether oxygens (including phenoxy) is 1. The molecule has 0 spiro atoms. The van der Waals surface area contributed by atoms with Crippen LogP contribution in [-0.2, 0) is 4.74 Å². The molecule has 1 unspecified atom stereocenters. The zero-order valence-corrected chi connectivity index (χ0v) is 10.6. The number of halogens is 1. The second kappa shape index (κ2) is 6.34. The second-order valence-electron chi connectivity index (χ2n) is 4.83. The molecule has 1 heterocycles. The topological polar surface area (TPSA) is 9.23 Å². The van der Waals surface area contributed by atoms with Gasteiger partial charge in [0, 0.05) is 5.88 Å². The lowest BCUT2D eigenvalue weighted by Gasteiger charge is -2.25. The molecule has 1 saturated carbocycles. The second-order valence-corrected chi connectivity index (χ2v) is 5.10. The molecule has 90 valence electrons. The van der Waals surface area contributed by atoms with E-state index in [-0.39, 0.29) is 6.10 Å². The van der Waals surface area contributed by atoms with Gasteiger partial charge in [0.05, 0.1) is 6.26 Å². The fourth-order valence-corrected chi connectivity index (χ4v) is 2.98. The van der Waals surface area contributed by atoms with Crippen molar-refractivity contribution in [2.45, 2.75) is 51.0 Å². The number of hydrogen-bond acceptors (Lipinski definition) is 1. The molecule has 0 aromatic carbocycles. The summed E-state index contributed by atoms with van der Waals surface area (Å²) in [6.45, 7) is 0. The molecule has 1 aliphatic heterocycles. The van der Waals surface area contributed by atoms with E-state index in [0.717, 1.165) is 18.8 Å². The molecule has 2 heteroatoms. The molecule has 1 atom stereocenters. The maximum atomic E-state index is 6.08. The molecule has 2 rings (SSSR count). The summed E-state index contributed by atoms with van der Waals surface area (Å²) in [6.07, 6.45) is 15.5. The van der Waals surface area contributed by atoms with Crippen LogP contribution in [0.5, 0.6) is 0 Å². The zero-order chi connectivity index (χ0) is 11.2. The Bertz CT molecular complexity index is 264. The van der Waals surface area contributed by atoms with E-state index < -0.39 is 0 Å². The lowest BCUT2D eigenvalue weighted by Crippen LogP contribution is -2.15. The van der Waals surface area contributed by atoms with Crippen molar-refractivity contribution in [3.8, 4) is 0 Å². The SMILES string of the molecule is ClC/C(=C/C1CCC=CO1)C1CCCCC1. The van der Waals surface area contributed by atoms with Gasteiger partial charge in [-0.05, 0) is 43.8 Å². The van der Waals surface area contributed by atoms with Crippen LogP contribution < -0.4 is 0 Å². The van der Waals surface area contributed by atoms with Crippen LogP contribution in [-0.4, -0.2) is 12.0 Å². The summed E-state index contributed by atoms with van der Waals surface area (Å²) >= 11 is 6.08. The lowest BCUT2D eigenvalue weighted by molar-refractivity contribution is 0.163. The van der Waals surface area contributed by atoms with Gasteiger partial charge in [0.15, 0.2) is 0 Å². The monoisotopic (exact) mass is 240 g/mol. The standard InChI is InChI=1S/C14H21ClO/c15-11-13(12-6-2-1-3-7-12)10-14-8-4-5-9-16-14/h5,9-10,12,14H,1-4,6-8,11H2/b13-10-. The highest BCUT2D eigenvalue weighted by atomic mass is 35.5. The van der Waals surface area contributed by atoms with Crippen molar-refractivity contribution in [1.82, 2.24) is 0 Å². The molecule has 1 nitrogen and oxygen atoms in total. The van der Waals surface area contributed by atoms with Crippen LogP contribution in [0.3, 0.4) is 0 Å². The Labute approximate surface area is 104 Å². The first-order chi connectivity index (χ1) is 7.90. The van der Waals surface area contributed by atoms with Crippen molar-refractivity contribution in [2.24, 2.45) is 5.92 Å². The fraction of sp³-hybridized carbons (Fsp3) is 0.714. The highest BCUT2D eigenvalue weighted by Crippen LogP contribution is 2.31. The van der Waals surface area contributed by atoms with Crippen molar-refractivity contribution >= 4 is 11.6 Å². The predicted molar refractivity (Wildman–Crippen MR) is 68.6 cm³/mol. The van der Waals surface area contributed by atoms with Gasteiger partial charge in [0.2, 0.25) is 0 Å². The van der Waals surface area contributed by atoms with Crippen molar-refractivity contribution in [3.05, 3.63) is 24.0 Å². The minimum atomic E-state index is 0.265. The molecule has 0 N–H and O–H groups in total. The first-order valence-corrected chi connectivity index (χ1v) is 7.00. The molecule has 1 fully saturated rings. The minimum absolute atomic E-state index is 0.265. The average Bonchev–Trinajstić information content (AvgIpc) is 2.38. The van der Waals surface area contributed by atoms with E-state index in [0.29, 0.717) is 5.88 Å². The number of hydrogen-bond donors (Lipinski definition) is 0. The number of allylic oxidation sites excluding steroid dienone is 2. The van der Waals surface area contributed by atoms with Crippen molar-refractivity contribution in [1.29, 1.82) is 0 Å². The Balaban J connectivity index is 1.96. The molecule has 16 heavy (non-hydrogen) atoms. The first kappa shape index (κ1) is 12.0. The summed E-state index contributed by atoms with van der Waals surface area (Å²) in [6, 6.07) is 0. The van der Waals surface area contributed by atoms with Gasteiger partial charge in [0.1, 0.15) is 6.10 Å². The third kappa shape index (κ3) is 3.28. The molecular formula is C14H21ClO. The van der Waals surface area contributed by atoms with Crippen molar-refractivity contribution in [2.75, 3.05) is 5.88 Å². The molecule has 0 radical (unpaired) electrons. The Morgan fingerprint density at radius 3 is 2.69 bits per heavy atom. The Morgan fingerprint density at radius 1 is 1.25 bits per heavy atom. The third-order valence-electron chi connectivity index (χ3n) is 3.65. The van der Waals surface area contributed by atoms with Gasteiger partial charge >= 0.3 is 0 Å². The summed E-state index contributed by atoms with van der Waals surface area (Å²) in [5, 5.41) is 0. The van der Waals surface area contributed by atoms with Crippen molar-refractivity contribution < 1.29 is 4.74 Å². The first-order valence-electron chi connectivity index (χ1n) is 6.47. The van der Waals surface area contributed by atoms with Crippen LogP contribution in [0.1, 0.15) is 44.9 Å². The van der Waals surface area contributed by atoms with E-state index >= 15 is 0 Å². The van der Waals surface area contributed by atoms with Crippen molar-refractivity contribution in [3.63, 3.8) is 0 Å². The summed E-state index contributed by atoms with van der Waals surface area (Å²) in [5.74, 6) is 1.40. The third-order valence-corrected chi connectivity index (χ3v) is 3.96. The van der Waals surface area contributed by atoms with E-state index in [1.807, 2.05) is 6.26 Å². The maximum absolute atomic E-state index is 6.08. The number of alkyl halides is 1. The molecular weight excluding hydrogens is 220 g/mol. The largest absolute Gasteiger partial charge is 0.494 e. The van der Waals surface area contributed by atoms with Gasteiger partial charge in [-0.1, -0.05) is 24.8 Å². The van der Waals surface area contributed by atoms with Crippen LogP contribution in [0.2, 0.25) is 0 Å². The summed E-state index contributed by atoms with van der Waals surface area (Å²) < 4.78 is 5.59. The van der Waals surface area contributed by atoms with Crippen LogP contribution in [0, 0.1) is 5.92 Å². The molecule has 0 saturated heterocycles. The van der Waals surface area contributed by atoms with E-state index in [1.165, 1.54) is 37.7 Å². The zero-order valence-electron chi connectivity index (χ0n) is 9.83. The van der Waals surface area contributed by atoms with Gasteiger partial charge in [0.25, 0.3) is 0 Å². The summed E-state index contributed by atoms with van der Waals surface area (Å²) in [7, 11) is 0. The van der Waals surface area contributed by atoms with Gasteiger partial charge in [-0.15, -0.1) is 11.6 Å². The molecule has 0 amide bonds. The molecule has 0 bridgehead atoms.